The fraction of sp³-hybridized carbons (Fsp3) is 0.750. The van der Waals surface area contributed by atoms with E-state index in [2.05, 4.69) is 10.2 Å². The van der Waals surface area contributed by atoms with E-state index in [9.17, 15) is 4.79 Å². The molecule has 0 saturated carbocycles. The third-order valence-corrected chi connectivity index (χ3v) is 3.50. The van der Waals surface area contributed by atoms with Crippen molar-refractivity contribution in [2.45, 2.75) is 36.7 Å². The molecule has 0 aliphatic heterocycles. The maximum atomic E-state index is 11.1. The van der Waals surface area contributed by atoms with E-state index in [1.165, 1.54) is 16.3 Å². The van der Waals surface area contributed by atoms with Gasteiger partial charge in [-0.05, 0) is 6.42 Å². The van der Waals surface area contributed by atoms with Gasteiger partial charge in [0.05, 0.1) is 0 Å². The average Bonchev–Trinajstić information content (AvgIpc) is 2.48. The molecule has 5 nitrogen and oxygen atoms in total. The van der Waals surface area contributed by atoms with Gasteiger partial charge in [-0.15, -0.1) is 5.10 Å². The SMILES string of the molecule is CCC(N)C(C)Sc1n[nH]c(=O)n1C. The van der Waals surface area contributed by atoms with Crippen LogP contribution in [0.25, 0.3) is 0 Å². The molecular weight excluding hydrogens is 200 g/mol. The fourth-order valence-corrected chi connectivity index (χ4v) is 2.06. The lowest BCUT2D eigenvalue weighted by molar-refractivity contribution is 0.638. The molecule has 1 aromatic rings. The van der Waals surface area contributed by atoms with Gasteiger partial charge in [0.2, 0.25) is 0 Å². The summed E-state index contributed by atoms with van der Waals surface area (Å²) in [5.41, 5.74) is 5.68. The van der Waals surface area contributed by atoms with Crippen LogP contribution in [0.2, 0.25) is 0 Å². The van der Waals surface area contributed by atoms with Crippen molar-refractivity contribution in [1.82, 2.24) is 14.8 Å². The first kappa shape index (κ1) is 11.3. The number of aromatic amines is 1. The summed E-state index contributed by atoms with van der Waals surface area (Å²) < 4.78 is 1.49. The molecule has 0 radical (unpaired) electrons. The van der Waals surface area contributed by atoms with Crippen LogP contribution in [0.5, 0.6) is 0 Å². The van der Waals surface area contributed by atoms with E-state index >= 15 is 0 Å². The highest BCUT2D eigenvalue weighted by atomic mass is 32.2. The lowest BCUT2D eigenvalue weighted by Crippen LogP contribution is -2.29. The van der Waals surface area contributed by atoms with Crippen molar-refractivity contribution >= 4 is 11.8 Å². The van der Waals surface area contributed by atoms with Gasteiger partial charge in [0, 0.05) is 18.3 Å². The largest absolute Gasteiger partial charge is 0.343 e. The molecule has 0 aromatic carbocycles. The molecule has 0 aliphatic rings. The second-order valence-corrected chi connectivity index (χ2v) is 4.61. The molecule has 0 bridgehead atoms. The third kappa shape index (κ3) is 2.39. The maximum Gasteiger partial charge on any atom is 0.343 e. The molecule has 1 aromatic heterocycles. The summed E-state index contributed by atoms with van der Waals surface area (Å²) in [6, 6.07) is 0.131. The molecule has 2 atom stereocenters. The second-order valence-electron chi connectivity index (χ2n) is 3.27. The van der Waals surface area contributed by atoms with E-state index in [1.54, 1.807) is 7.05 Å². The highest BCUT2D eigenvalue weighted by molar-refractivity contribution is 7.99. The smallest absolute Gasteiger partial charge is 0.327 e. The minimum absolute atomic E-state index is 0.131. The Morgan fingerprint density at radius 1 is 1.71 bits per heavy atom. The van der Waals surface area contributed by atoms with Gasteiger partial charge in [-0.3, -0.25) is 4.57 Å². The van der Waals surface area contributed by atoms with E-state index in [0.717, 1.165) is 6.42 Å². The maximum absolute atomic E-state index is 11.1. The third-order valence-electron chi connectivity index (χ3n) is 2.20. The molecule has 0 spiro atoms. The van der Waals surface area contributed by atoms with Crippen molar-refractivity contribution < 1.29 is 0 Å². The van der Waals surface area contributed by atoms with Crippen LogP contribution < -0.4 is 11.4 Å². The molecule has 0 saturated heterocycles. The van der Waals surface area contributed by atoms with E-state index < -0.39 is 0 Å². The van der Waals surface area contributed by atoms with Crippen molar-refractivity contribution in [3.05, 3.63) is 10.5 Å². The van der Waals surface area contributed by atoms with Crippen molar-refractivity contribution in [2.24, 2.45) is 12.8 Å². The normalized spacial score (nSPS) is 15.4. The molecule has 1 heterocycles. The zero-order valence-electron chi connectivity index (χ0n) is 8.65. The van der Waals surface area contributed by atoms with Crippen molar-refractivity contribution in [2.75, 3.05) is 0 Å². The van der Waals surface area contributed by atoms with Gasteiger partial charge in [0.1, 0.15) is 0 Å². The first-order valence-corrected chi connectivity index (χ1v) is 5.47. The first-order chi connectivity index (χ1) is 6.56. The van der Waals surface area contributed by atoms with Crippen LogP contribution in [-0.2, 0) is 7.05 Å². The zero-order valence-corrected chi connectivity index (χ0v) is 9.47. The Bertz CT molecular complexity index is 345. The quantitative estimate of drug-likeness (QED) is 0.711. The van der Waals surface area contributed by atoms with Gasteiger partial charge in [-0.1, -0.05) is 25.6 Å². The van der Waals surface area contributed by atoms with Crippen molar-refractivity contribution in [1.29, 1.82) is 0 Å². The Morgan fingerprint density at radius 3 is 2.79 bits per heavy atom. The van der Waals surface area contributed by atoms with Gasteiger partial charge in [-0.2, -0.15) is 0 Å². The van der Waals surface area contributed by atoms with Crippen LogP contribution in [0.4, 0.5) is 0 Å². The van der Waals surface area contributed by atoms with Gasteiger partial charge in [-0.25, -0.2) is 9.89 Å². The van der Waals surface area contributed by atoms with Crippen molar-refractivity contribution in [3.63, 3.8) is 0 Å². The number of nitrogens with one attached hydrogen (secondary N) is 1. The number of nitrogens with zero attached hydrogens (tertiary/aromatic N) is 2. The fourth-order valence-electron chi connectivity index (χ4n) is 1.02. The Labute approximate surface area is 87.1 Å². The summed E-state index contributed by atoms with van der Waals surface area (Å²) in [6.45, 7) is 4.09. The van der Waals surface area contributed by atoms with E-state index in [0.29, 0.717) is 5.16 Å². The summed E-state index contributed by atoms with van der Waals surface area (Å²) in [4.78, 5) is 11.1. The van der Waals surface area contributed by atoms with Crippen molar-refractivity contribution in [3.8, 4) is 0 Å². The Morgan fingerprint density at radius 2 is 2.36 bits per heavy atom. The number of aromatic nitrogens is 3. The first-order valence-electron chi connectivity index (χ1n) is 4.59. The monoisotopic (exact) mass is 216 g/mol. The predicted molar refractivity (Wildman–Crippen MR) is 57.4 cm³/mol. The average molecular weight is 216 g/mol. The Hall–Kier alpha value is -0.750. The number of hydrogen-bond donors (Lipinski definition) is 2. The molecule has 0 aliphatic carbocycles. The molecule has 1 rings (SSSR count). The lowest BCUT2D eigenvalue weighted by atomic mass is 10.2. The summed E-state index contributed by atoms with van der Waals surface area (Å²) in [5, 5.41) is 7.24. The van der Waals surface area contributed by atoms with Gasteiger partial charge >= 0.3 is 5.69 Å². The molecule has 0 fully saturated rings. The van der Waals surface area contributed by atoms with Crippen LogP contribution in [0.1, 0.15) is 20.3 Å². The Balaban J connectivity index is 2.69. The van der Waals surface area contributed by atoms with E-state index in [1.807, 2.05) is 13.8 Å². The standard InChI is InChI=1S/C8H16N4OS/c1-4-6(9)5(2)14-8-11-10-7(13)12(8)3/h5-6H,4,9H2,1-3H3,(H,10,13). The molecular formula is C8H16N4OS. The number of H-pyrrole nitrogens is 1. The zero-order chi connectivity index (χ0) is 10.7. The van der Waals surface area contributed by atoms with Gasteiger partial charge in [0.25, 0.3) is 0 Å². The molecule has 14 heavy (non-hydrogen) atoms. The molecule has 6 heteroatoms. The van der Waals surface area contributed by atoms with Crippen LogP contribution in [0.15, 0.2) is 9.95 Å². The summed E-state index contributed by atoms with van der Waals surface area (Å²) in [7, 11) is 1.69. The summed E-state index contributed by atoms with van der Waals surface area (Å²) >= 11 is 1.52. The minimum atomic E-state index is -0.190. The topological polar surface area (TPSA) is 76.7 Å². The van der Waals surface area contributed by atoms with Gasteiger partial charge in [0.15, 0.2) is 5.16 Å². The number of hydrogen-bond acceptors (Lipinski definition) is 4. The number of nitrogens with two attached hydrogens (primary N) is 1. The predicted octanol–water partition coefficient (Wildman–Crippen LogP) is 0.326. The number of thioether (sulfide) groups is 1. The minimum Gasteiger partial charge on any atom is -0.327 e. The van der Waals surface area contributed by atoms with Crippen LogP contribution in [0, 0.1) is 0 Å². The Kier molecular flexibility index (Phi) is 3.77. The summed E-state index contributed by atoms with van der Waals surface area (Å²) in [6.07, 6.45) is 0.923. The summed E-state index contributed by atoms with van der Waals surface area (Å²) in [5.74, 6) is 0. The highest BCUT2D eigenvalue weighted by Gasteiger charge is 2.15. The van der Waals surface area contributed by atoms with Crippen LogP contribution in [0.3, 0.4) is 0 Å². The van der Waals surface area contributed by atoms with E-state index in [-0.39, 0.29) is 17.0 Å². The molecule has 3 N–H and O–H groups in total. The second kappa shape index (κ2) is 4.65. The molecule has 80 valence electrons. The number of rotatable bonds is 4. The molecule has 0 amide bonds. The molecule has 2 unspecified atom stereocenters. The van der Waals surface area contributed by atoms with E-state index in [4.69, 9.17) is 5.73 Å². The van der Waals surface area contributed by atoms with Gasteiger partial charge < -0.3 is 5.73 Å². The lowest BCUT2D eigenvalue weighted by Gasteiger charge is -2.16. The highest BCUT2D eigenvalue weighted by Crippen LogP contribution is 2.21. The van der Waals surface area contributed by atoms with Crippen LogP contribution in [-0.4, -0.2) is 26.1 Å². The van der Waals surface area contributed by atoms with Crippen LogP contribution >= 0.6 is 11.8 Å².